The van der Waals surface area contributed by atoms with Crippen LogP contribution >= 0.6 is 0 Å². The van der Waals surface area contributed by atoms with Gasteiger partial charge in [0.2, 0.25) is 5.91 Å². The average molecular weight is 515 g/mol. The van der Waals surface area contributed by atoms with Crippen LogP contribution in [-0.4, -0.2) is 54.6 Å². The van der Waals surface area contributed by atoms with Crippen molar-refractivity contribution in [1.29, 1.82) is 0 Å². The Morgan fingerprint density at radius 1 is 1.31 bits per heavy atom. The summed E-state index contributed by atoms with van der Waals surface area (Å²) in [4.78, 5) is 18.3. The lowest BCUT2D eigenvalue weighted by molar-refractivity contribution is -0.138. The van der Waals surface area contributed by atoms with Gasteiger partial charge in [0.05, 0.1) is 6.61 Å². The molecular formula is C25H34F4N4O3. The van der Waals surface area contributed by atoms with E-state index >= 15 is 0 Å². The van der Waals surface area contributed by atoms with Crippen molar-refractivity contribution in [3.63, 3.8) is 0 Å². The molecule has 1 N–H and O–H groups in total. The Morgan fingerprint density at radius 2 is 2.06 bits per heavy atom. The predicted molar refractivity (Wildman–Crippen MR) is 125 cm³/mol. The number of hydrogen-bond donors (Lipinski definition) is 1. The van der Waals surface area contributed by atoms with E-state index in [-0.39, 0.29) is 12.3 Å². The summed E-state index contributed by atoms with van der Waals surface area (Å²) in [6.45, 7) is 4.97. The third kappa shape index (κ3) is 7.22. The van der Waals surface area contributed by atoms with Crippen molar-refractivity contribution in [2.24, 2.45) is 23.7 Å². The zero-order valence-electron chi connectivity index (χ0n) is 20.6. The Hall–Kier alpha value is -2.59. The van der Waals surface area contributed by atoms with Crippen LogP contribution in [0.3, 0.4) is 0 Å². The molecule has 2 aliphatic carbocycles. The van der Waals surface area contributed by atoms with Gasteiger partial charge >= 0.3 is 12.2 Å². The average Bonchev–Trinajstić information content (AvgIpc) is 3.41. The fourth-order valence-corrected chi connectivity index (χ4v) is 5.04. The largest absolute Gasteiger partial charge is 0.494 e. The third-order valence-electron chi connectivity index (χ3n) is 7.24. The van der Waals surface area contributed by atoms with Crippen molar-refractivity contribution in [2.45, 2.75) is 64.2 Å². The molecule has 36 heavy (non-hydrogen) atoms. The Balaban J connectivity index is 1.12. The van der Waals surface area contributed by atoms with Crippen molar-refractivity contribution in [3.8, 4) is 0 Å². The molecule has 1 amide bonds. The van der Waals surface area contributed by atoms with E-state index in [1.165, 1.54) is 18.6 Å². The first-order valence-electron chi connectivity index (χ1n) is 12.7. The molecule has 11 heteroatoms. The molecule has 1 saturated heterocycles. The number of amides is 1. The van der Waals surface area contributed by atoms with Crippen LogP contribution < -0.4 is 10.2 Å². The summed E-state index contributed by atoms with van der Waals surface area (Å²) >= 11 is 0. The fourth-order valence-electron chi connectivity index (χ4n) is 5.04. The van der Waals surface area contributed by atoms with Crippen LogP contribution in [-0.2, 0) is 9.53 Å². The summed E-state index contributed by atoms with van der Waals surface area (Å²) in [6.07, 6.45) is 2.35. The number of ether oxygens (including phenoxy) is 1. The van der Waals surface area contributed by atoms with Gasteiger partial charge in [-0.05, 0) is 55.6 Å². The van der Waals surface area contributed by atoms with Gasteiger partial charge in [-0.15, -0.1) is 0 Å². The first-order chi connectivity index (χ1) is 17.1. The minimum atomic E-state index is -4.49. The molecule has 2 unspecified atom stereocenters. The number of carbonyl (C=O) groups excluding carboxylic acids is 1. The second-order valence-corrected chi connectivity index (χ2v) is 10.3. The van der Waals surface area contributed by atoms with Crippen molar-refractivity contribution in [1.82, 2.24) is 15.5 Å². The molecule has 1 aliphatic heterocycles. The molecule has 1 aromatic rings. The third-order valence-corrected chi connectivity index (χ3v) is 7.24. The first kappa shape index (κ1) is 26.5. The Morgan fingerprint density at radius 3 is 2.69 bits per heavy atom. The van der Waals surface area contributed by atoms with E-state index in [4.69, 9.17) is 9.26 Å². The normalized spacial score (nSPS) is 26.8. The Labute approximate surface area is 208 Å². The number of carbonyl (C=O) groups is 1. The molecule has 1 aromatic heterocycles. The second kappa shape index (κ2) is 11.2. The van der Waals surface area contributed by atoms with E-state index in [9.17, 15) is 22.4 Å². The monoisotopic (exact) mass is 514 g/mol. The van der Waals surface area contributed by atoms with Crippen LogP contribution in [0.4, 0.5) is 23.6 Å². The lowest BCUT2D eigenvalue weighted by Crippen LogP contribution is -2.35. The Bertz CT molecular complexity index is 953. The van der Waals surface area contributed by atoms with Crippen LogP contribution in [0, 0.1) is 23.7 Å². The number of allylic oxidation sites excluding steroid dienone is 3. The van der Waals surface area contributed by atoms with Crippen LogP contribution in [0.15, 0.2) is 28.5 Å². The molecule has 2 heterocycles. The van der Waals surface area contributed by atoms with Crippen molar-refractivity contribution in [2.75, 3.05) is 31.1 Å². The van der Waals surface area contributed by atoms with Crippen LogP contribution in [0.2, 0.25) is 0 Å². The number of hydrogen-bond acceptors (Lipinski definition) is 6. The number of rotatable bonds is 10. The maximum Gasteiger partial charge on any atom is 0.405 e. The highest BCUT2D eigenvalue weighted by molar-refractivity contribution is 5.76. The summed E-state index contributed by atoms with van der Waals surface area (Å²) in [6, 6.07) is 0.613. The molecule has 0 aromatic carbocycles. The number of halogens is 4. The van der Waals surface area contributed by atoms with E-state index in [0.29, 0.717) is 36.1 Å². The lowest BCUT2D eigenvalue weighted by Gasteiger charge is -2.30. The zero-order chi connectivity index (χ0) is 25.9. The smallest absolute Gasteiger partial charge is 0.405 e. The zero-order valence-corrected chi connectivity index (χ0v) is 20.6. The van der Waals surface area contributed by atoms with Gasteiger partial charge in [0.25, 0.3) is 0 Å². The maximum absolute atomic E-state index is 14.4. The van der Waals surface area contributed by atoms with Gasteiger partial charge in [-0.2, -0.15) is 18.2 Å². The summed E-state index contributed by atoms with van der Waals surface area (Å²) < 4.78 is 62.1. The predicted octanol–water partition coefficient (Wildman–Crippen LogP) is 4.93. The molecule has 0 bridgehead atoms. The topological polar surface area (TPSA) is 80.5 Å². The molecule has 7 nitrogen and oxygen atoms in total. The maximum atomic E-state index is 14.4. The van der Waals surface area contributed by atoms with Crippen LogP contribution in [0.1, 0.15) is 57.7 Å². The van der Waals surface area contributed by atoms with E-state index in [1.54, 1.807) is 11.4 Å². The fraction of sp³-hybridized carbons (Fsp3) is 0.720. The second-order valence-electron chi connectivity index (χ2n) is 10.3. The highest BCUT2D eigenvalue weighted by Gasteiger charge is 2.43. The molecule has 0 radical (unpaired) electrons. The Kier molecular flexibility index (Phi) is 8.24. The van der Waals surface area contributed by atoms with Gasteiger partial charge in [0.1, 0.15) is 18.5 Å². The number of nitrogens with zero attached hydrogens (tertiary/aromatic N) is 3. The van der Waals surface area contributed by atoms with Gasteiger partial charge in [0, 0.05) is 31.3 Å². The summed E-state index contributed by atoms with van der Waals surface area (Å²) in [5.74, 6) is 1.72. The highest BCUT2D eigenvalue weighted by Crippen LogP contribution is 2.50. The standard InChI is InChI=1S/C25H34F4N4O3/c1-15(2)23-31-24(36-32-23)33-8-5-16(6-9-33)20-11-17(20)7-10-35-19-4-3-18(21(26)13-19)12-22(34)30-14-25(27,28)29/h3-4,13,15-18,20-21H,5-12,14H2,1-2H3,(H,30,34)/t17-,18?,20-,21?/m1/s1. The summed E-state index contributed by atoms with van der Waals surface area (Å²) in [7, 11) is 0. The van der Waals surface area contributed by atoms with Crippen molar-refractivity contribution >= 4 is 11.9 Å². The number of piperidine rings is 1. The molecule has 4 rings (SSSR count). The molecule has 1 saturated carbocycles. The molecule has 3 aliphatic rings. The minimum Gasteiger partial charge on any atom is -0.494 e. The molecule has 200 valence electrons. The van der Waals surface area contributed by atoms with E-state index in [1.807, 2.05) is 13.8 Å². The molecule has 2 fully saturated rings. The molecule has 0 spiro atoms. The van der Waals surface area contributed by atoms with Gasteiger partial charge in [-0.3, -0.25) is 4.79 Å². The van der Waals surface area contributed by atoms with E-state index in [2.05, 4.69) is 15.0 Å². The number of aromatic nitrogens is 2. The van der Waals surface area contributed by atoms with Crippen molar-refractivity contribution < 1.29 is 31.6 Å². The quantitative estimate of drug-likeness (QED) is 0.446. The van der Waals surface area contributed by atoms with Gasteiger partial charge in [0.15, 0.2) is 5.82 Å². The van der Waals surface area contributed by atoms with Gasteiger partial charge < -0.3 is 19.5 Å². The van der Waals surface area contributed by atoms with Crippen molar-refractivity contribution in [3.05, 3.63) is 29.8 Å². The minimum absolute atomic E-state index is 0.240. The van der Waals surface area contributed by atoms with E-state index in [0.717, 1.165) is 38.2 Å². The lowest BCUT2D eigenvalue weighted by atomic mass is 9.90. The molecular weight excluding hydrogens is 480 g/mol. The highest BCUT2D eigenvalue weighted by atomic mass is 19.4. The van der Waals surface area contributed by atoms with E-state index < -0.39 is 30.7 Å². The van der Waals surface area contributed by atoms with Gasteiger partial charge in [-0.1, -0.05) is 25.1 Å². The van der Waals surface area contributed by atoms with Crippen LogP contribution in [0.5, 0.6) is 0 Å². The SMILES string of the molecule is CC(C)c1noc(N2CCC([C@H]3C[C@H]3CCOC3=CC(F)C(CC(=O)NCC(F)(F)F)C=C3)CC2)n1. The number of anilines is 1. The molecule has 4 atom stereocenters. The summed E-state index contributed by atoms with van der Waals surface area (Å²) in [5, 5.41) is 5.82. The number of nitrogens with one attached hydrogen (secondary N) is 1. The van der Waals surface area contributed by atoms with Gasteiger partial charge in [-0.25, -0.2) is 4.39 Å². The van der Waals surface area contributed by atoms with Crippen LogP contribution in [0.25, 0.3) is 0 Å². The number of alkyl halides is 4. The first-order valence-corrected chi connectivity index (χ1v) is 12.7. The summed E-state index contributed by atoms with van der Waals surface area (Å²) in [5.41, 5.74) is 0.